The number of carbonyl (C=O) groups is 1. The molecule has 0 saturated heterocycles. The van der Waals surface area contributed by atoms with Crippen molar-refractivity contribution < 1.29 is 4.79 Å². The third kappa shape index (κ3) is 5.69. The molecule has 0 bridgehead atoms. The van der Waals surface area contributed by atoms with Crippen molar-refractivity contribution in [3.8, 4) is 11.8 Å². The Kier molecular flexibility index (Phi) is 11.3. The lowest BCUT2D eigenvalue weighted by Gasteiger charge is -1.91. The highest BCUT2D eigenvalue weighted by molar-refractivity contribution is 5.81. The van der Waals surface area contributed by atoms with Gasteiger partial charge in [-0.25, -0.2) is 0 Å². The van der Waals surface area contributed by atoms with Crippen molar-refractivity contribution in [3.63, 3.8) is 0 Å². The van der Waals surface area contributed by atoms with Crippen LogP contribution >= 0.6 is 0 Å². The first kappa shape index (κ1) is 14.0. The van der Waals surface area contributed by atoms with Crippen molar-refractivity contribution in [3.05, 3.63) is 36.5 Å². The Bertz CT molecular complexity index is 249. The van der Waals surface area contributed by atoms with Crippen LogP contribution in [0.3, 0.4) is 0 Å². The Morgan fingerprint density at radius 1 is 1.23 bits per heavy atom. The lowest BCUT2D eigenvalue weighted by atomic mass is 10.1. The van der Waals surface area contributed by atoms with E-state index >= 15 is 0 Å². The second-order valence-electron chi connectivity index (χ2n) is 1.77. The number of hydrogen-bond acceptors (Lipinski definition) is 1. The number of allylic oxidation sites excluding steroid dienone is 4. The highest BCUT2D eigenvalue weighted by Gasteiger charge is 1.93. The van der Waals surface area contributed by atoms with Gasteiger partial charge in [0.2, 0.25) is 0 Å². The minimum absolute atomic E-state index is 0.481. The van der Waals surface area contributed by atoms with Gasteiger partial charge >= 0.3 is 0 Å². The summed E-state index contributed by atoms with van der Waals surface area (Å²) in [5, 5.41) is 0. The van der Waals surface area contributed by atoms with E-state index in [1.165, 1.54) is 6.08 Å². The predicted molar refractivity (Wildman–Crippen MR) is 58.3 cm³/mol. The molecule has 0 aliphatic rings. The molecule has 0 rings (SSSR count). The van der Waals surface area contributed by atoms with Gasteiger partial charge in [0.1, 0.15) is 0 Å². The Hall–Kier alpha value is -1.55. The largest absolute Gasteiger partial charge is 0.298 e. The molecule has 0 unspecified atom stereocenters. The maximum atomic E-state index is 10.4. The van der Waals surface area contributed by atoms with Crippen molar-refractivity contribution in [1.29, 1.82) is 0 Å². The Balaban J connectivity index is 0. The van der Waals surface area contributed by atoms with E-state index in [0.717, 1.165) is 0 Å². The minimum Gasteiger partial charge on any atom is -0.298 e. The molecular formula is C12H16O. The third-order valence-electron chi connectivity index (χ3n) is 1.12. The van der Waals surface area contributed by atoms with E-state index in [1.54, 1.807) is 13.0 Å². The lowest BCUT2D eigenvalue weighted by molar-refractivity contribution is -0.104. The van der Waals surface area contributed by atoms with E-state index < -0.39 is 0 Å². The molecule has 0 amide bonds. The van der Waals surface area contributed by atoms with Gasteiger partial charge in [0.25, 0.3) is 0 Å². The lowest BCUT2D eigenvalue weighted by Crippen LogP contribution is -1.84. The summed E-state index contributed by atoms with van der Waals surface area (Å²) in [5.41, 5.74) is 1.10. The zero-order valence-electron chi connectivity index (χ0n) is 8.55. The SMILES string of the molecule is C=C/C(C#CC)=C(\C=C)C=O.CC. The zero-order chi connectivity index (χ0) is 10.7. The average molecular weight is 176 g/mol. The van der Waals surface area contributed by atoms with Crippen LogP contribution in [-0.4, -0.2) is 6.29 Å². The molecule has 0 N–H and O–H groups in total. The fraction of sp³-hybridized carbons (Fsp3) is 0.250. The maximum Gasteiger partial charge on any atom is 0.151 e. The molecular weight excluding hydrogens is 160 g/mol. The van der Waals surface area contributed by atoms with Gasteiger partial charge < -0.3 is 0 Å². The summed E-state index contributed by atoms with van der Waals surface area (Å²) in [7, 11) is 0. The summed E-state index contributed by atoms with van der Waals surface area (Å²) >= 11 is 0. The quantitative estimate of drug-likeness (QED) is 0.280. The van der Waals surface area contributed by atoms with Crippen molar-refractivity contribution >= 4 is 6.29 Å². The van der Waals surface area contributed by atoms with Crippen molar-refractivity contribution in [2.75, 3.05) is 0 Å². The number of rotatable bonds is 3. The highest BCUT2D eigenvalue weighted by Crippen LogP contribution is 2.02. The standard InChI is InChI=1S/C10H10O.C2H6/c1-4-7-9(5-2)10(6-3)8-11;1-2/h5-6,8H,2-3H2,1H3;1-2H3/b10-9-;. The summed E-state index contributed by atoms with van der Waals surface area (Å²) in [6, 6.07) is 0. The molecule has 0 aromatic carbocycles. The van der Waals surface area contributed by atoms with Gasteiger partial charge in [0.05, 0.1) is 0 Å². The first-order chi connectivity index (χ1) is 6.29. The van der Waals surface area contributed by atoms with Crippen molar-refractivity contribution in [1.82, 2.24) is 0 Å². The van der Waals surface area contributed by atoms with Crippen LogP contribution in [0.5, 0.6) is 0 Å². The van der Waals surface area contributed by atoms with Crippen molar-refractivity contribution in [2.45, 2.75) is 20.8 Å². The Morgan fingerprint density at radius 2 is 1.77 bits per heavy atom. The van der Waals surface area contributed by atoms with Crippen molar-refractivity contribution in [2.24, 2.45) is 0 Å². The van der Waals surface area contributed by atoms with Gasteiger partial charge in [-0.2, -0.15) is 0 Å². The fourth-order valence-corrected chi connectivity index (χ4v) is 0.597. The highest BCUT2D eigenvalue weighted by atomic mass is 16.1. The van der Waals surface area contributed by atoms with Crippen LogP contribution in [0.15, 0.2) is 36.5 Å². The molecule has 0 fully saturated rings. The summed E-state index contributed by atoms with van der Waals surface area (Å²) in [4.78, 5) is 10.4. The third-order valence-corrected chi connectivity index (χ3v) is 1.12. The van der Waals surface area contributed by atoms with Gasteiger partial charge in [0, 0.05) is 11.1 Å². The van der Waals surface area contributed by atoms with Gasteiger partial charge in [-0.05, 0) is 6.92 Å². The molecule has 0 aromatic rings. The Labute approximate surface area is 80.9 Å². The summed E-state index contributed by atoms with van der Waals surface area (Å²) in [6.07, 6.45) is 3.73. The Morgan fingerprint density at radius 3 is 2.00 bits per heavy atom. The number of hydrogen-bond donors (Lipinski definition) is 0. The molecule has 0 aromatic heterocycles. The normalized spacial score (nSPS) is 9.15. The monoisotopic (exact) mass is 176 g/mol. The van der Waals surface area contributed by atoms with E-state index in [2.05, 4.69) is 25.0 Å². The van der Waals surface area contributed by atoms with E-state index in [-0.39, 0.29) is 0 Å². The van der Waals surface area contributed by atoms with E-state index in [0.29, 0.717) is 17.4 Å². The molecule has 0 saturated carbocycles. The van der Waals surface area contributed by atoms with Crippen LogP contribution in [0.4, 0.5) is 0 Å². The van der Waals surface area contributed by atoms with Crippen LogP contribution in [0.1, 0.15) is 20.8 Å². The van der Waals surface area contributed by atoms with E-state index in [9.17, 15) is 4.79 Å². The molecule has 1 heteroatoms. The fourth-order valence-electron chi connectivity index (χ4n) is 0.597. The van der Waals surface area contributed by atoms with Crippen LogP contribution in [0, 0.1) is 11.8 Å². The molecule has 0 aliphatic heterocycles. The van der Waals surface area contributed by atoms with Crippen LogP contribution < -0.4 is 0 Å². The molecule has 0 spiro atoms. The molecule has 0 aliphatic carbocycles. The van der Waals surface area contributed by atoms with Crippen LogP contribution in [-0.2, 0) is 4.79 Å². The topological polar surface area (TPSA) is 17.1 Å². The predicted octanol–water partition coefficient (Wildman–Crippen LogP) is 2.90. The molecule has 13 heavy (non-hydrogen) atoms. The second kappa shape index (κ2) is 10.5. The summed E-state index contributed by atoms with van der Waals surface area (Å²) in [6.45, 7) is 12.7. The second-order valence-corrected chi connectivity index (χ2v) is 1.77. The van der Waals surface area contributed by atoms with Crippen LogP contribution in [0.25, 0.3) is 0 Å². The van der Waals surface area contributed by atoms with Gasteiger partial charge in [0.15, 0.2) is 6.29 Å². The summed E-state index contributed by atoms with van der Waals surface area (Å²) in [5.74, 6) is 5.43. The molecule has 1 nitrogen and oxygen atoms in total. The van der Waals surface area contributed by atoms with Gasteiger partial charge in [-0.15, -0.1) is 5.92 Å². The van der Waals surface area contributed by atoms with Crippen LogP contribution in [0.2, 0.25) is 0 Å². The average Bonchev–Trinajstić information content (AvgIpc) is 2.21. The first-order valence-corrected chi connectivity index (χ1v) is 4.17. The smallest absolute Gasteiger partial charge is 0.151 e. The molecule has 0 heterocycles. The number of aldehydes is 1. The molecule has 0 atom stereocenters. The molecule has 0 radical (unpaired) electrons. The minimum atomic E-state index is 0.481. The summed E-state index contributed by atoms with van der Waals surface area (Å²) < 4.78 is 0. The number of carbonyl (C=O) groups excluding carboxylic acids is 1. The van der Waals surface area contributed by atoms with Gasteiger partial charge in [-0.3, -0.25) is 4.79 Å². The molecule has 70 valence electrons. The zero-order valence-corrected chi connectivity index (χ0v) is 8.55. The van der Waals surface area contributed by atoms with E-state index in [1.807, 2.05) is 13.8 Å². The maximum absolute atomic E-state index is 10.4. The first-order valence-electron chi connectivity index (χ1n) is 4.17. The van der Waals surface area contributed by atoms with E-state index in [4.69, 9.17) is 0 Å². The van der Waals surface area contributed by atoms with Gasteiger partial charge in [-0.1, -0.05) is 45.1 Å².